The molecule has 2 N–H and O–H groups in total. The third-order valence-electron chi connectivity index (χ3n) is 4.64. The lowest BCUT2D eigenvalue weighted by atomic mass is 10.1. The SMILES string of the molecule is CN(C)[C@H]1CCC[C@H]1NC(=O)Cc1csc(NC(=O)c2ccccc2)n1. The van der Waals surface area contributed by atoms with E-state index in [1.165, 1.54) is 11.3 Å². The minimum atomic E-state index is -0.198. The molecule has 0 spiro atoms. The lowest BCUT2D eigenvalue weighted by Gasteiger charge is -2.26. The van der Waals surface area contributed by atoms with E-state index in [-0.39, 0.29) is 24.3 Å². The standard InChI is InChI=1S/C19H24N4O2S/c1-23(2)16-10-6-9-15(16)21-17(24)11-14-12-26-19(20-14)22-18(25)13-7-4-3-5-8-13/h3-5,7-8,12,15-16H,6,9-11H2,1-2H3,(H,21,24)(H,20,22,25)/t15-,16+/m1/s1. The quantitative estimate of drug-likeness (QED) is 0.817. The van der Waals surface area contributed by atoms with Crippen molar-refractivity contribution in [1.29, 1.82) is 0 Å². The maximum absolute atomic E-state index is 12.3. The Balaban J connectivity index is 1.53. The van der Waals surface area contributed by atoms with E-state index in [0.29, 0.717) is 22.4 Å². The van der Waals surface area contributed by atoms with Crippen LogP contribution in [-0.4, -0.2) is 47.9 Å². The van der Waals surface area contributed by atoms with Crippen LogP contribution in [0.3, 0.4) is 0 Å². The van der Waals surface area contributed by atoms with Crippen LogP contribution in [0.15, 0.2) is 35.7 Å². The summed E-state index contributed by atoms with van der Waals surface area (Å²) < 4.78 is 0. The van der Waals surface area contributed by atoms with Gasteiger partial charge in [0.05, 0.1) is 12.1 Å². The van der Waals surface area contributed by atoms with Crippen LogP contribution >= 0.6 is 11.3 Å². The highest BCUT2D eigenvalue weighted by atomic mass is 32.1. The minimum Gasteiger partial charge on any atom is -0.351 e. The van der Waals surface area contributed by atoms with Crippen molar-refractivity contribution in [2.45, 2.75) is 37.8 Å². The molecule has 1 fully saturated rings. The van der Waals surface area contributed by atoms with Gasteiger partial charge in [-0.2, -0.15) is 0 Å². The van der Waals surface area contributed by atoms with E-state index in [9.17, 15) is 9.59 Å². The molecule has 1 aliphatic carbocycles. The summed E-state index contributed by atoms with van der Waals surface area (Å²) in [5.41, 5.74) is 1.26. The molecule has 1 aromatic heterocycles. The van der Waals surface area contributed by atoms with E-state index in [4.69, 9.17) is 0 Å². The number of aromatic nitrogens is 1. The first kappa shape index (κ1) is 18.5. The van der Waals surface area contributed by atoms with Crippen molar-refractivity contribution in [3.05, 3.63) is 47.0 Å². The van der Waals surface area contributed by atoms with Gasteiger partial charge < -0.3 is 10.2 Å². The Bertz CT molecular complexity index is 760. The molecule has 0 aliphatic heterocycles. The van der Waals surface area contributed by atoms with Gasteiger partial charge in [0, 0.05) is 23.0 Å². The average Bonchev–Trinajstić information content (AvgIpc) is 3.25. The number of anilines is 1. The van der Waals surface area contributed by atoms with Crippen LogP contribution in [0.4, 0.5) is 5.13 Å². The zero-order valence-electron chi connectivity index (χ0n) is 15.1. The Morgan fingerprint density at radius 3 is 2.73 bits per heavy atom. The summed E-state index contributed by atoms with van der Waals surface area (Å²) in [7, 11) is 4.11. The summed E-state index contributed by atoms with van der Waals surface area (Å²) in [6, 6.07) is 9.60. The molecule has 7 heteroatoms. The van der Waals surface area contributed by atoms with Gasteiger partial charge in [-0.05, 0) is 45.5 Å². The Morgan fingerprint density at radius 2 is 2.00 bits per heavy atom. The van der Waals surface area contributed by atoms with Gasteiger partial charge in [-0.25, -0.2) is 4.98 Å². The van der Waals surface area contributed by atoms with Crippen LogP contribution < -0.4 is 10.6 Å². The third kappa shape index (κ3) is 4.68. The van der Waals surface area contributed by atoms with E-state index in [1.54, 1.807) is 12.1 Å². The van der Waals surface area contributed by atoms with Gasteiger partial charge in [0.15, 0.2) is 5.13 Å². The molecule has 26 heavy (non-hydrogen) atoms. The average molecular weight is 372 g/mol. The van der Waals surface area contributed by atoms with E-state index < -0.39 is 0 Å². The molecule has 1 aromatic carbocycles. The predicted octanol–water partition coefficient (Wildman–Crippen LogP) is 2.54. The van der Waals surface area contributed by atoms with Crippen LogP contribution in [0.25, 0.3) is 0 Å². The second-order valence-corrected chi connectivity index (χ2v) is 7.63. The van der Waals surface area contributed by atoms with Gasteiger partial charge in [0.2, 0.25) is 5.91 Å². The summed E-state index contributed by atoms with van der Waals surface area (Å²) in [6.45, 7) is 0. The fraction of sp³-hybridized carbons (Fsp3) is 0.421. The summed E-state index contributed by atoms with van der Waals surface area (Å²) >= 11 is 1.33. The van der Waals surface area contributed by atoms with Gasteiger partial charge in [0.25, 0.3) is 5.91 Å². The fourth-order valence-electron chi connectivity index (χ4n) is 3.35. The molecule has 2 aromatic rings. The number of nitrogens with zero attached hydrogens (tertiary/aromatic N) is 2. The number of carbonyl (C=O) groups is 2. The van der Waals surface area contributed by atoms with Crippen LogP contribution in [-0.2, 0) is 11.2 Å². The molecule has 1 saturated carbocycles. The van der Waals surface area contributed by atoms with Crippen molar-refractivity contribution in [3.63, 3.8) is 0 Å². The number of amides is 2. The highest BCUT2D eigenvalue weighted by Gasteiger charge is 2.30. The van der Waals surface area contributed by atoms with E-state index >= 15 is 0 Å². The van der Waals surface area contributed by atoms with Crippen LogP contribution in [0.2, 0.25) is 0 Å². The van der Waals surface area contributed by atoms with E-state index in [2.05, 4.69) is 34.6 Å². The molecular formula is C19H24N4O2S. The van der Waals surface area contributed by atoms with Crippen molar-refractivity contribution in [2.24, 2.45) is 0 Å². The summed E-state index contributed by atoms with van der Waals surface area (Å²) in [6.07, 6.45) is 3.50. The Labute approximate surface area is 157 Å². The zero-order chi connectivity index (χ0) is 18.5. The maximum atomic E-state index is 12.3. The number of thiazole rings is 1. The number of likely N-dealkylation sites (N-methyl/N-ethyl adjacent to an activating group) is 1. The number of hydrogen-bond acceptors (Lipinski definition) is 5. The lowest BCUT2D eigenvalue weighted by molar-refractivity contribution is -0.121. The smallest absolute Gasteiger partial charge is 0.257 e. The highest BCUT2D eigenvalue weighted by molar-refractivity contribution is 7.14. The number of rotatable bonds is 6. The molecule has 2 atom stereocenters. The molecule has 138 valence electrons. The first-order valence-electron chi connectivity index (χ1n) is 8.79. The summed E-state index contributed by atoms with van der Waals surface area (Å²) in [5.74, 6) is -0.217. The topological polar surface area (TPSA) is 74.3 Å². The number of benzene rings is 1. The van der Waals surface area contributed by atoms with Crippen LogP contribution in [0, 0.1) is 0 Å². The summed E-state index contributed by atoms with van der Waals surface area (Å²) in [4.78, 5) is 31.0. The third-order valence-corrected chi connectivity index (χ3v) is 5.45. The second kappa shape index (κ2) is 8.42. The Hall–Kier alpha value is -2.25. The lowest BCUT2D eigenvalue weighted by Crippen LogP contribution is -2.46. The molecular weight excluding hydrogens is 348 g/mol. The fourth-order valence-corrected chi connectivity index (χ4v) is 4.06. The molecule has 0 saturated heterocycles. The van der Waals surface area contributed by atoms with Crippen molar-refractivity contribution in [3.8, 4) is 0 Å². The number of nitrogens with one attached hydrogen (secondary N) is 2. The first-order chi connectivity index (χ1) is 12.5. The second-order valence-electron chi connectivity index (χ2n) is 6.78. The largest absolute Gasteiger partial charge is 0.351 e. The van der Waals surface area contributed by atoms with Gasteiger partial charge in [-0.1, -0.05) is 18.2 Å². The van der Waals surface area contributed by atoms with Crippen molar-refractivity contribution >= 4 is 28.3 Å². The van der Waals surface area contributed by atoms with Gasteiger partial charge in [-0.15, -0.1) is 11.3 Å². The first-order valence-corrected chi connectivity index (χ1v) is 9.67. The molecule has 0 bridgehead atoms. The molecule has 1 aliphatic rings. The molecule has 2 amide bonds. The maximum Gasteiger partial charge on any atom is 0.257 e. The van der Waals surface area contributed by atoms with Crippen LogP contribution in [0.1, 0.15) is 35.3 Å². The number of hydrogen-bond donors (Lipinski definition) is 2. The normalized spacial score (nSPS) is 19.5. The highest BCUT2D eigenvalue weighted by Crippen LogP contribution is 2.23. The monoisotopic (exact) mass is 372 g/mol. The van der Waals surface area contributed by atoms with Crippen LogP contribution in [0.5, 0.6) is 0 Å². The van der Waals surface area contributed by atoms with Gasteiger partial charge >= 0.3 is 0 Å². The zero-order valence-corrected chi connectivity index (χ0v) is 15.9. The molecule has 0 unspecified atom stereocenters. The molecule has 0 radical (unpaired) electrons. The molecule has 1 heterocycles. The summed E-state index contributed by atoms with van der Waals surface area (Å²) in [5, 5.41) is 8.23. The molecule has 6 nitrogen and oxygen atoms in total. The minimum absolute atomic E-state index is 0.0185. The predicted molar refractivity (Wildman–Crippen MR) is 103 cm³/mol. The van der Waals surface area contributed by atoms with Crippen molar-refractivity contribution in [2.75, 3.05) is 19.4 Å². The number of carbonyl (C=O) groups excluding carboxylic acids is 2. The van der Waals surface area contributed by atoms with Gasteiger partial charge in [0.1, 0.15) is 0 Å². The Morgan fingerprint density at radius 1 is 1.23 bits per heavy atom. The van der Waals surface area contributed by atoms with Gasteiger partial charge in [-0.3, -0.25) is 14.9 Å². The Kier molecular flexibility index (Phi) is 6.00. The van der Waals surface area contributed by atoms with E-state index in [1.807, 2.05) is 23.6 Å². The van der Waals surface area contributed by atoms with E-state index in [0.717, 1.165) is 19.3 Å². The van der Waals surface area contributed by atoms with Crippen molar-refractivity contribution in [1.82, 2.24) is 15.2 Å². The molecule has 3 rings (SSSR count). The van der Waals surface area contributed by atoms with Crippen molar-refractivity contribution < 1.29 is 9.59 Å².